The summed E-state index contributed by atoms with van der Waals surface area (Å²) in [6.07, 6.45) is 0. The summed E-state index contributed by atoms with van der Waals surface area (Å²) in [6.45, 7) is 1.73. The third-order valence-electron chi connectivity index (χ3n) is 3.80. The minimum Gasteiger partial charge on any atom is -0.422 e. The monoisotopic (exact) mass is 364 g/mol. The normalized spacial score (nSPS) is 10.8. The molecular formula is C19H13ClN4O2. The molecule has 4 rings (SSSR count). The smallest absolute Gasteiger partial charge is 0.344 e. The number of nitrogens with zero attached hydrogens (tertiary/aromatic N) is 3. The first kappa shape index (κ1) is 16.2. The van der Waals surface area contributed by atoms with Crippen LogP contribution in [0.2, 0.25) is 5.28 Å². The largest absolute Gasteiger partial charge is 0.422 e. The Morgan fingerprint density at radius 2 is 1.81 bits per heavy atom. The third-order valence-corrected chi connectivity index (χ3v) is 3.97. The number of hydrogen-bond donors (Lipinski definition) is 1. The Morgan fingerprint density at radius 3 is 2.58 bits per heavy atom. The molecule has 0 aliphatic heterocycles. The zero-order valence-corrected chi connectivity index (χ0v) is 14.5. The highest BCUT2D eigenvalue weighted by atomic mass is 35.5. The minimum atomic E-state index is -0.389. The van der Waals surface area contributed by atoms with Crippen molar-refractivity contribution in [2.45, 2.75) is 6.92 Å². The van der Waals surface area contributed by atoms with Gasteiger partial charge in [-0.3, -0.25) is 0 Å². The van der Waals surface area contributed by atoms with Crippen LogP contribution < -0.4 is 10.9 Å². The molecule has 7 heteroatoms. The fraction of sp³-hybridized carbons (Fsp3) is 0.0526. The van der Waals surface area contributed by atoms with E-state index < -0.39 is 0 Å². The van der Waals surface area contributed by atoms with Crippen molar-refractivity contribution < 1.29 is 4.42 Å². The Hall–Kier alpha value is -3.25. The molecule has 26 heavy (non-hydrogen) atoms. The van der Waals surface area contributed by atoms with Gasteiger partial charge in [-0.25, -0.2) is 9.78 Å². The molecule has 0 aliphatic carbocycles. The lowest BCUT2D eigenvalue weighted by Crippen LogP contribution is -2.03. The van der Waals surface area contributed by atoms with Gasteiger partial charge >= 0.3 is 5.63 Å². The van der Waals surface area contributed by atoms with Crippen LogP contribution in [-0.4, -0.2) is 15.0 Å². The van der Waals surface area contributed by atoms with Gasteiger partial charge in [0.25, 0.3) is 0 Å². The van der Waals surface area contributed by atoms with E-state index in [1.807, 2.05) is 48.5 Å². The first-order valence-electron chi connectivity index (χ1n) is 7.87. The standard InChI is InChI=1S/C19H13ClN4O2/c1-11-21-18(20)24-19(22-11)23-14-8-7-13-9-15(12-5-3-2-4-6-12)17(25)26-16(13)10-14/h2-10H,1H3,(H,21,22,23,24). The molecule has 128 valence electrons. The zero-order chi connectivity index (χ0) is 18.1. The maximum absolute atomic E-state index is 12.4. The predicted octanol–water partition coefficient (Wildman–Crippen LogP) is 4.35. The molecule has 0 spiro atoms. The lowest BCUT2D eigenvalue weighted by Gasteiger charge is -2.07. The average Bonchev–Trinajstić information content (AvgIpc) is 2.61. The van der Waals surface area contributed by atoms with E-state index >= 15 is 0 Å². The number of rotatable bonds is 3. The Bertz CT molecular complexity index is 1140. The van der Waals surface area contributed by atoms with E-state index in [-0.39, 0.29) is 10.9 Å². The topological polar surface area (TPSA) is 80.9 Å². The van der Waals surface area contributed by atoms with Crippen molar-refractivity contribution in [1.29, 1.82) is 0 Å². The highest BCUT2D eigenvalue weighted by Crippen LogP contribution is 2.24. The summed E-state index contributed by atoms with van der Waals surface area (Å²) in [5, 5.41) is 3.96. The van der Waals surface area contributed by atoms with E-state index in [4.69, 9.17) is 16.0 Å². The molecule has 4 aromatic rings. The van der Waals surface area contributed by atoms with Crippen LogP contribution in [0, 0.1) is 6.92 Å². The van der Waals surface area contributed by atoms with Crippen molar-refractivity contribution in [2.75, 3.05) is 5.32 Å². The van der Waals surface area contributed by atoms with Crippen molar-refractivity contribution in [3.05, 3.63) is 76.1 Å². The molecule has 0 radical (unpaired) electrons. The van der Waals surface area contributed by atoms with Gasteiger partial charge in [0.1, 0.15) is 11.4 Å². The first-order valence-corrected chi connectivity index (χ1v) is 8.25. The van der Waals surface area contributed by atoms with E-state index in [0.29, 0.717) is 28.6 Å². The van der Waals surface area contributed by atoms with Crippen molar-refractivity contribution in [1.82, 2.24) is 15.0 Å². The van der Waals surface area contributed by atoms with Crippen molar-refractivity contribution in [3.63, 3.8) is 0 Å². The molecule has 0 atom stereocenters. The van der Waals surface area contributed by atoms with Gasteiger partial charge in [0.15, 0.2) is 0 Å². The summed E-state index contributed by atoms with van der Waals surface area (Å²) in [7, 11) is 0. The van der Waals surface area contributed by atoms with Gasteiger partial charge in [-0.1, -0.05) is 30.3 Å². The molecule has 2 aromatic heterocycles. The Balaban J connectivity index is 1.73. The molecule has 2 aromatic carbocycles. The van der Waals surface area contributed by atoms with E-state index in [0.717, 1.165) is 10.9 Å². The number of benzene rings is 2. The fourth-order valence-corrected chi connectivity index (χ4v) is 2.84. The lowest BCUT2D eigenvalue weighted by molar-refractivity contribution is 0.563. The van der Waals surface area contributed by atoms with Crippen molar-refractivity contribution >= 4 is 34.2 Å². The summed E-state index contributed by atoms with van der Waals surface area (Å²) >= 11 is 5.85. The fourth-order valence-electron chi connectivity index (χ4n) is 2.64. The Kier molecular flexibility index (Phi) is 4.10. The van der Waals surface area contributed by atoms with Crippen LogP contribution in [0.1, 0.15) is 5.82 Å². The summed E-state index contributed by atoms with van der Waals surface area (Å²) < 4.78 is 5.50. The maximum Gasteiger partial charge on any atom is 0.344 e. The molecule has 1 N–H and O–H groups in total. The number of nitrogens with one attached hydrogen (secondary N) is 1. The Morgan fingerprint density at radius 1 is 1.00 bits per heavy atom. The highest BCUT2D eigenvalue weighted by Gasteiger charge is 2.09. The Labute approximate surface area is 153 Å². The molecule has 2 heterocycles. The number of aryl methyl sites for hydroxylation is 1. The van der Waals surface area contributed by atoms with Crippen molar-refractivity contribution in [2.24, 2.45) is 0 Å². The van der Waals surface area contributed by atoms with Crippen LogP contribution in [0.25, 0.3) is 22.1 Å². The molecule has 0 saturated heterocycles. The highest BCUT2D eigenvalue weighted by molar-refractivity contribution is 6.28. The van der Waals surface area contributed by atoms with E-state index in [9.17, 15) is 4.79 Å². The molecule has 0 aliphatic rings. The second-order valence-electron chi connectivity index (χ2n) is 5.67. The average molecular weight is 365 g/mol. The zero-order valence-electron chi connectivity index (χ0n) is 13.7. The van der Waals surface area contributed by atoms with Gasteiger partial charge in [-0.15, -0.1) is 0 Å². The number of aromatic nitrogens is 3. The summed E-state index contributed by atoms with van der Waals surface area (Å²) in [5.41, 5.74) is 2.10. The van der Waals surface area contributed by atoms with Gasteiger partial charge < -0.3 is 9.73 Å². The van der Waals surface area contributed by atoms with Crippen LogP contribution in [0.15, 0.2) is 63.8 Å². The molecule has 0 saturated carbocycles. The van der Waals surface area contributed by atoms with E-state index in [1.54, 1.807) is 13.0 Å². The molecule has 0 fully saturated rings. The lowest BCUT2D eigenvalue weighted by atomic mass is 10.1. The van der Waals surface area contributed by atoms with Crippen LogP contribution in [0.3, 0.4) is 0 Å². The van der Waals surface area contributed by atoms with Gasteiger partial charge in [0.2, 0.25) is 11.2 Å². The summed E-state index contributed by atoms with van der Waals surface area (Å²) in [4.78, 5) is 24.5. The van der Waals surface area contributed by atoms with Crippen LogP contribution >= 0.6 is 11.6 Å². The number of halogens is 1. The molecule has 6 nitrogen and oxygen atoms in total. The van der Waals surface area contributed by atoms with Gasteiger partial charge in [-0.05, 0) is 42.3 Å². The first-order chi connectivity index (χ1) is 12.6. The molecule has 0 amide bonds. The van der Waals surface area contributed by atoms with E-state index in [2.05, 4.69) is 20.3 Å². The molecule has 0 unspecified atom stereocenters. The minimum absolute atomic E-state index is 0.111. The predicted molar refractivity (Wildman–Crippen MR) is 101 cm³/mol. The SMILES string of the molecule is Cc1nc(Cl)nc(Nc2ccc3cc(-c4ccccc4)c(=O)oc3c2)n1. The van der Waals surface area contributed by atoms with Crippen LogP contribution in [0.5, 0.6) is 0 Å². The maximum atomic E-state index is 12.4. The second kappa shape index (κ2) is 6.57. The van der Waals surface area contributed by atoms with Crippen molar-refractivity contribution in [3.8, 4) is 11.1 Å². The van der Waals surface area contributed by atoms with Crippen LogP contribution in [-0.2, 0) is 0 Å². The summed E-state index contributed by atoms with van der Waals surface area (Å²) in [6, 6.07) is 16.7. The van der Waals surface area contributed by atoms with Crippen LogP contribution in [0.4, 0.5) is 11.6 Å². The summed E-state index contributed by atoms with van der Waals surface area (Å²) in [5.74, 6) is 0.831. The van der Waals surface area contributed by atoms with Gasteiger partial charge in [0.05, 0.1) is 5.56 Å². The second-order valence-corrected chi connectivity index (χ2v) is 6.00. The van der Waals surface area contributed by atoms with E-state index in [1.165, 1.54) is 0 Å². The third kappa shape index (κ3) is 3.27. The van der Waals surface area contributed by atoms with Gasteiger partial charge in [-0.2, -0.15) is 9.97 Å². The number of fused-ring (bicyclic) bond motifs is 1. The molecule has 0 bridgehead atoms. The number of anilines is 2. The quantitative estimate of drug-likeness (QED) is 0.544. The number of hydrogen-bond acceptors (Lipinski definition) is 6. The van der Waals surface area contributed by atoms with Gasteiger partial charge in [0, 0.05) is 17.1 Å². The molecular weight excluding hydrogens is 352 g/mol.